The molecule has 2 aliphatic rings. The third-order valence-corrected chi connectivity index (χ3v) is 5.22. The zero-order valence-corrected chi connectivity index (χ0v) is 14.4. The SMILES string of the molecule is O=C(c1ccc([N+](=O)[O-])cc1Br)N1CCC(NCC2CC2)CC1. The Bertz CT molecular complexity index is 611. The lowest BCUT2D eigenvalue weighted by molar-refractivity contribution is -0.384. The van der Waals surface area contributed by atoms with Gasteiger partial charge < -0.3 is 10.2 Å². The van der Waals surface area contributed by atoms with Gasteiger partial charge in [-0.1, -0.05) is 0 Å². The van der Waals surface area contributed by atoms with Crippen LogP contribution in [0, 0.1) is 16.0 Å². The number of likely N-dealkylation sites (tertiary alicyclic amines) is 1. The highest BCUT2D eigenvalue weighted by molar-refractivity contribution is 9.10. The number of hydrogen-bond donors (Lipinski definition) is 1. The normalized spacial score (nSPS) is 18.9. The number of halogens is 1. The van der Waals surface area contributed by atoms with Gasteiger partial charge in [-0.3, -0.25) is 14.9 Å². The van der Waals surface area contributed by atoms with Gasteiger partial charge in [0.05, 0.1) is 10.5 Å². The topological polar surface area (TPSA) is 75.5 Å². The second kappa shape index (κ2) is 6.97. The molecule has 0 unspecified atom stereocenters. The van der Waals surface area contributed by atoms with Crippen LogP contribution in [0.2, 0.25) is 0 Å². The molecule has 0 radical (unpaired) electrons. The third kappa shape index (κ3) is 4.09. The number of nitrogens with zero attached hydrogens (tertiary/aromatic N) is 2. The third-order valence-electron chi connectivity index (χ3n) is 4.57. The Morgan fingerprint density at radius 3 is 2.57 bits per heavy atom. The van der Waals surface area contributed by atoms with Crippen LogP contribution in [-0.2, 0) is 0 Å². The van der Waals surface area contributed by atoms with Crippen LogP contribution in [0.1, 0.15) is 36.0 Å². The van der Waals surface area contributed by atoms with E-state index in [1.807, 2.05) is 4.90 Å². The van der Waals surface area contributed by atoms with E-state index in [-0.39, 0.29) is 11.6 Å². The number of piperidine rings is 1. The number of rotatable bonds is 5. The highest BCUT2D eigenvalue weighted by atomic mass is 79.9. The number of benzene rings is 1. The molecule has 1 saturated carbocycles. The smallest absolute Gasteiger partial charge is 0.270 e. The van der Waals surface area contributed by atoms with Crippen molar-refractivity contribution < 1.29 is 9.72 Å². The number of nitro groups is 1. The van der Waals surface area contributed by atoms with E-state index >= 15 is 0 Å². The maximum Gasteiger partial charge on any atom is 0.270 e. The van der Waals surface area contributed by atoms with Crippen molar-refractivity contribution in [1.29, 1.82) is 0 Å². The monoisotopic (exact) mass is 381 g/mol. The number of nitro benzene ring substituents is 1. The van der Waals surface area contributed by atoms with Crippen molar-refractivity contribution in [2.75, 3.05) is 19.6 Å². The molecule has 1 heterocycles. The molecule has 1 saturated heterocycles. The summed E-state index contributed by atoms with van der Waals surface area (Å²) in [5.74, 6) is 0.804. The summed E-state index contributed by atoms with van der Waals surface area (Å²) in [5.41, 5.74) is 0.469. The number of amides is 1. The molecule has 1 aromatic rings. The van der Waals surface area contributed by atoms with Crippen molar-refractivity contribution in [3.8, 4) is 0 Å². The second-order valence-corrected chi connectivity index (χ2v) is 7.19. The molecule has 124 valence electrons. The van der Waals surface area contributed by atoms with Crippen LogP contribution in [0.4, 0.5) is 5.69 Å². The number of non-ortho nitro benzene ring substituents is 1. The number of carbonyl (C=O) groups is 1. The van der Waals surface area contributed by atoms with Crippen LogP contribution in [0.15, 0.2) is 22.7 Å². The minimum absolute atomic E-state index is 0.0172. The maximum atomic E-state index is 12.6. The largest absolute Gasteiger partial charge is 0.338 e. The lowest BCUT2D eigenvalue weighted by Crippen LogP contribution is -2.45. The first-order valence-corrected chi connectivity index (χ1v) is 8.80. The van der Waals surface area contributed by atoms with Crippen LogP contribution in [-0.4, -0.2) is 41.4 Å². The summed E-state index contributed by atoms with van der Waals surface area (Å²) in [6.07, 6.45) is 4.61. The zero-order chi connectivity index (χ0) is 16.4. The fourth-order valence-electron chi connectivity index (χ4n) is 2.90. The van der Waals surface area contributed by atoms with Gasteiger partial charge in [0.2, 0.25) is 0 Å². The van der Waals surface area contributed by atoms with Crippen molar-refractivity contribution in [3.05, 3.63) is 38.3 Å². The van der Waals surface area contributed by atoms with E-state index in [2.05, 4.69) is 21.2 Å². The van der Waals surface area contributed by atoms with Crippen molar-refractivity contribution in [1.82, 2.24) is 10.2 Å². The summed E-state index contributed by atoms with van der Waals surface area (Å²) in [7, 11) is 0. The minimum Gasteiger partial charge on any atom is -0.338 e. The van der Waals surface area contributed by atoms with Crippen molar-refractivity contribution in [3.63, 3.8) is 0 Å². The van der Waals surface area contributed by atoms with Crippen LogP contribution in [0.25, 0.3) is 0 Å². The first-order chi connectivity index (χ1) is 11.0. The fourth-order valence-corrected chi connectivity index (χ4v) is 3.44. The van der Waals surface area contributed by atoms with Gasteiger partial charge in [-0.25, -0.2) is 0 Å². The van der Waals surface area contributed by atoms with Gasteiger partial charge >= 0.3 is 0 Å². The van der Waals surface area contributed by atoms with Crippen LogP contribution < -0.4 is 5.32 Å². The van der Waals surface area contributed by atoms with Gasteiger partial charge in [-0.15, -0.1) is 0 Å². The van der Waals surface area contributed by atoms with Gasteiger partial charge in [0.1, 0.15) is 0 Å². The lowest BCUT2D eigenvalue weighted by Gasteiger charge is -2.32. The van der Waals surface area contributed by atoms with E-state index in [0.717, 1.165) is 38.4 Å². The molecule has 1 aliphatic carbocycles. The molecule has 1 amide bonds. The first-order valence-electron chi connectivity index (χ1n) is 8.01. The molecule has 0 aromatic heterocycles. The molecule has 1 aromatic carbocycles. The van der Waals surface area contributed by atoms with Gasteiger partial charge in [0.25, 0.3) is 11.6 Å². The number of carbonyl (C=O) groups excluding carboxylic acids is 1. The summed E-state index contributed by atoms with van der Waals surface area (Å²) < 4.78 is 0.477. The number of hydrogen-bond acceptors (Lipinski definition) is 4. The van der Waals surface area contributed by atoms with E-state index in [0.29, 0.717) is 16.1 Å². The maximum absolute atomic E-state index is 12.6. The summed E-state index contributed by atoms with van der Waals surface area (Å²) in [4.78, 5) is 24.7. The Hall–Kier alpha value is -1.47. The lowest BCUT2D eigenvalue weighted by atomic mass is 10.0. The van der Waals surface area contributed by atoms with Crippen molar-refractivity contribution >= 4 is 27.5 Å². The van der Waals surface area contributed by atoms with E-state index in [4.69, 9.17) is 0 Å². The van der Waals surface area contributed by atoms with E-state index in [9.17, 15) is 14.9 Å². The summed E-state index contributed by atoms with van der Waals surface area (Å²) in [6, 6.07) is 4.79. The fraction of sp³-hybridized carbons (Fsp3) is 0.562. The highest BCUT2D eigenvalue weighted by Crippen LogP contribution is 2.28. The predicted octanol–water partition coefficient (Wildman–Crippen LogP) is 2.96. The molecule has 2 fully saturated rings. The predicted molar refractivity (Wildman–Crippen MR) is 90.4 cm³/mol. The number of nitrogens with one attached hydrogen (secondary N) is 1. The average molecular weight is 382 g/mol. The second-order valence-electron chi connectivity index (χ2n) is 6.34. The Kier molecular flexibility index (Phi) is 4.96. The zero-order valence-electron chi connectivity index (χ0n) is 12.8. The Morgan fingerprint density at radius 2 is 2.00 bits per heavy atom. The van der Waals surface area contributed by atoms with E-state index in [1.165, 1.54) is 31.0 Å². The quantitative estimate of drug-likeness (QED) is 0.628. The first kappa shape index (κ1) is 16.4. The van der Waals surface area contributed by atoms with Gasteiger partial charge in [0.15, 0.2) is 0 Å². The highest BCUT2D eigenvalue weighted by Gasteiger charge is 2.27. The van der Waals surface area contributed by atoms with Gasteiger partial charge in [-0.2, -0.15) is 0 Å². The molecule has 1 N–H and O–H groups in total. The van der Waals surface area contributed by atoms with E-state index in [1.54, 1.807) is 0 Å². The molecule has 23 heavy (non-hydrogen) atoms. The molecular weight excluding hydrogens is 362 g/mol. The Balaban J connectivity index is 1.57. The summed E-state index contributed by atoms with van der Waals surface area (Å²) in [5, 5.41) is 14.4. The average Bonchev–Trinajstić information content (AvgIpc) is 3.37. The molecular formula is C16H20BrN3O3. The van der Waals surface area contributed by atoms with Crippen LogP contribution in [0.5, 0.6) is 0 Å². The molecule has 1 aliphatic heterocycles. The Labute approximate surface area is 143 Å². The summed E-state index contributed by atoms with van der Waals surface area (Å²) >= 11 is 3.28. The van der Waals surface area contributed by atoms with Gasteiger partial charge in [-0.05, 0) is 60.1 Å². The molecule has 0 spiro atoms. The minimum atomic E-state index is -0.462. The molecule has 0 bridgehead atoms. The van der Waals surface area contributed by atoms with Crippen molar-refractivity contribution in [2.45, 2.75) is 31.7 Å². The van der Waals surface area contributed by atoms with Crippen molar-refractivity contribution in [2.24, 2.45) is 5.92 Å². The van der Waals surface area contributed by atoms with Crippen LogP contribution >= 0.6 is 15.9 Å². The Morgan fingerprint density at radius 1 is 1.30 bits per heavy atom. The molecule has 6 nitrogen and oxygen atoms in total. The van der Waals surface area contributed by atoms with Gasteiger partial charge in [0, 0.05) is 35.7 Å². The van der Waals surface area contributed by atoms with E-state index < -0.39 is 4.92 Å². The molecule has 0 atom stereocenters. The standard InChI is InChI=1S/C16H20BrN3O3/c17-15-9-13(20(22)23)3-4-14(15)16(21)19-7-5-12(6-8-19)18-10-11-1-2-11/h3-4,9,11-12,18H,1-2,5-8,10H2. The molecule has 3 rings (SSSR count). The van der Waals surface area contributed by atoms with Crippen LogP contribution in [0.3, 0.4) is 0 Å². The summed E-state index contributed by atoms with van der Waals surface area (Å²) in [6.45, 7) is 2.56. The molecule has 7 heteroatoms.